The summed E-state index contributed by atoms with van der Waals surface area (Å²) in [5, 5.41) is -0.0689. The SMILES string of the molecule is C#CCOc1cnc2c(Cc3cc(F)c(F)c([C@@]4(C)N=C(N)S[C@@]5(C(F)F)C[C@@H]45)c3)nccc2n1. The number of benzene rings is 1. The topological polar surface area (TPSA) is 86.3 Å². The normalized spacial score (nSPS) is 25.2. The van der Waals surface area contributed by atoms with Crippen molar-refractivity contribution in [3.8, 4) is 18.2 Å². The number of thioether (sulfide) groups is 1. The highest BCUT2D eigenvalue weighted by Crippen LogP contribution is 2.68. The van der Waals surface area contributed by atoms with Crippen LogP contribution < -0.4 is 10.5 Å². The first-order chi connectivity index (χ1) is 16.7. The molecule has 180 valence electrons. The van der Waals surface area contributed by atoms with Gasteiger partial charge in [0.05, 0.1) is 27.7 Å². The van der Waals surface area contributed by atoms with Crippen molar-refractivity contribution in [1.82, 2.24) is 15.0 Å². The summed E-state index contributed by atoms with van der Waals surface area (Å²) in [7, 11) is 0. The van der Waals surface area contributed by atoms with Crippen molar-refractivity contribution in [1.29, 1.82) is 0 Å². The summed E-state index contributed by atoms with van der Waals surface area (Å²) in [5.41, 5.74) is 6.11. The Bertz CT molecular complexity index is 1410. The van der Waals surface area contributed by atoms with E-state index in [0.29, 0.717) is 22.3 Å². The van der Waals surface area contributed by atoms with Crippen molar-refractivity contribution in [2.45, 2.75) is 36.5 Å². The molecule has 0 bridgehead atoms. The number of hydrogen-bond acceptors (Lipinski definition) is 7. The van der Waals surface area contributed by atoms with Crippen LogP contribution in [-0.2, 0) is 12.0 Å². The highest BCUT2D eigenvalue weighted by Gasteiger charge is 2.71. The van der Waals surface area contributed by atoms with E-state index in [4.69, 9.17) is 16.9 Å². The first-order valence-electron chi connectivity index (χ1n) is 10.7. The zero-order valence-corrected chi connectivity index (χ0v) is 19.3. The number of rotatable bonds is 6. The third-order valence-corrected chi connectivity index (χ3v) is 7.77. The van der Waals surface area contributed by atoms with E-state index in [2.05, 4.69) is 25.9 Å². The second-order valence-corrected chi connectivity index (χ2v) is 10.0. The summed E-state index contributed by atoms with van der Waals surface area (Å²) in [4.78, 5) is 17.3. The largest absolute Gasteiger partial charge is 0.463 e. The zero-order chi connectivity index (χ0) is 25.0. The number of nitrogens with two attached hydrogens (primary N) is 1. The van der Waals surface area contributed by atoms with Gasteiger partial charge in [-0.2, -0.15) is 0 Å². The van der Waals surface area contributed by atoms with Crippen LogP contribution in [0.2, 0.25) is 0 Å². The van der Waals surface area contributed by atoms with Gasteiger partial charge in [0, 0.05) is 24.1 Å². The molecule has 3 atom stereocenters. The number of amidine groups is 1. The van der Waals surface area contributed by atoms with Gasteiger partial charge in [-0.15, -0.1) is 6.42 Å². The van der Waals surface area contributed by atoms with Crippen LogP contribution in [0.25, 0.3) is 11.0 Å². The highest BCUT2D eigenvalue weighted by molar-refractivity contribution is 8.15. The van der Waals surface area contributed by atoms with E-state index in [-0.39, 0.29) is 36.1 Å². The van der Waals surface area contributed by atoms with Crippen LogP contribution in [0.15, 0.2) is 35.6 Å². The number of fused-ring (bicyclic) bond motifs is 2. The van der Waals surface area contributed by atoms with E-state index < -0.39 is 34.3 Å². The quantitative estimate of drug-likeness (QED) is 0.402. The van der Waals surface area contributed by atoms with Crippen LogP contribution in [0, 0.1) is 29.9 Å². The predicted octanol–water partition coefficient (Wildman–Crippen LogP) is 4.21. The van der Waals surface area contributed by atoms with Crippen molar-refractivity contribution in [3.63, 3.8) is 0 Å². The van der Waals surface area contributed by atoms with Gasteiger partial charge in [-0.05, 0) is 37.1 Å². The Kier molecular flexibility index (Phi) is 5.59. The van der Waals surface area contributed by atoms with Gasteiger partial charge >= 0.3 is 0 Å². The fraction of sp³-hybridized carbons (Fsp3) is 0.333. The van der Waals surface area contributed by atoms with E-state index in [0.717, 1.165) is 17.8 Å². The second-order valence-electron chi connectivity index (χ2n) is 8.65. The number of ether oxygens (including phenoxy) is 1. The smallest absolute Gasteiger partial charge is 0.253 e. The molecule has 1 saturated carbocycles. The third kappa shape index (κ3) is 3.86. The van der Waals surface area contributed by atoms with Gasteiger partial charge in [0.25, 0.3) is 6.43 Å². The number of hydrogen-bond donors (Lipinski definition) is 1. The van der Waals surface area contributed by atoms with Crippen LogP contribution in [0.5, 0.6) is 5.88 Å². The molecule has 3 heterocycles. The molecule has 0 unspecified atom stereocenters. The van der Waals surface area contributed by atoms with E-state index in [1.807, 2.05) is 0 Å². The van der Waals surface area contributed by atoms with Crippen molar-refractivity contribution >= 4 is 28.0 Å². The van der Waals surface area contributed by atoms with Gasteiger partial charge in [0.15, 0.2) is 23.4 Å². The van der Waals surface area contributed by atoms with Gasteiger partial charge in [0.1, 0.15) is 5.52 Å². The number of aromatic nitrogens is 3. The highest BCUT2D eigenvalue weighted by atomic mass is 32.2. The summed E-state index contributed by atoms with van der Waals surface area (Å²) in [6.07, 6.45) is 5.64. The Balaban J connectivity index is 1.53. The minimum Gasteiger partial charge on any atom is -0.463 e. The molecule has 3 aromatic rings. The molecule has 1 fully saturated rings. The average molecular weight is 502 g/mol. The monoisotopic (exact) mass is 501 g/mol. The first-order valence-corrected chi connectivity index (χ1v) is 11.5. The second kappa shape index (κ2) is 8.37. The molecule has 0 amide bonds. The fourth-order valence-electron chi connectivity index (χ4n) is 4.71. The lowest BCUT2D eigenvalue weighted by Crippen LogP contribution is -2.39. The Morgan fingerprint density at radius 3 is 2.86 bits per heavy atom. The van der Waals surface area contributed by atoms with Gasteiger partial charge in [0.2, 0.25) is 5.88 Å². The number of terminal acetylenes is 1. The summed E-state index contributed by atoms with van der Waals surface area (Å²) >= 11 is 0.807. The molecule has 1 aliphatic carbocycles. The number of nitrogens with zero attached hydrogens (tertiary/aromatic N) is 4. The van der Waals surface area contributed by atoms with Crippen molar-refractivity contribution in [2.24, 2.45) is 16.6 Å². The minimum atomic E-state index is -2.67. The summed E-state index contributed by atoms with van der Waals surface area (Å²) in [5.74, 6) is -0.330. The molecule has 11 heteroatoms. The maximum absolute atomic E-state index is 15.0. The van der Waals surface area contributed by atoms with E-state index >= 15 is 4.39 Å². The van der Waals surface area contributed by atoms with Gasteiger partial charge < -0.3 is 10.5 Å². The van der Waals surface area contributed by atoms with Gasteiger partial charge in [-0.3, -0.25) is 9.98 Å². The molecule has 1 aromatic carbocycles. The standard InChI is InChI=1S/C24H19F4N5OS/c1-3-6-34-18-11-31-20-15(32-18)4-5-30-16(20)9-12-7-13(19(26)14(25)8-12)23(2)17-10-24(17,21(27)28)35-22(29)33-23/h1,4-5,7-8,11,17,21H,6,9-10H2,2H3,(H2,29,33)/t17-,23+,24-/m0/s1. The molecular weight excluding hydrogens is 482 g/mol. The average Bonchev–Trinajstić information content (AvgIpc) is 3.57. The molecule has 2 aliphatic rings. The number of aliphatic imine (C=N–C) groups is 1. The molecule has 0 saturated heterocycles. The third-order valence-electron chi connectivity index (χ3n) is 6.46. The Morgan fingerprint density at radius 1 is 1.31 bits per heavy atom. The molecule has 2 aromatic heterocycles. The molecule has 35 heavy (non-hydrogen) atoms. The maximum atomic E-state index is 15.0. The summed E-state index contributed by atoms with van der Waals surface area (Å²) in [6.45, 7) is 1.56. The predicted molar refractivity (Wildman–Crippen MR) is 124 cm³/mol. The molecule has 6 nitrogen and oxygen atoms in total. The Morgan fingerprint density at radius 2 is 2.11 bits per heavy atom. The van der Waals surface area contributed by atoms with Crippen molar-refractivity contribution in [2.75, 3.05) is 6.61 Å². The van der Waals surface area contributed by atoms with Crippen LogP contribution >= 0.6 is 11.8 Å². The summed E-state index contributed by atoms with van der Waals surface area (Å²) < 4.78 is 61.3. The van der Waals surface area contributed by atoms with Gasteiger partial charge in [-0.25, -0.2) is 27.5 Å². The number of alkyl halides is 2. The van der Waals surface area contributed by atoms with E-state index in [1.165, 1.54) is 25.4 Å². The van der Waals surface area contributed by atoms with Crippen molar-refractivity contribution < 1.29 is 22.3 Å². The molecule has 2 N–H and O–H groups in total. The molecule has 1 aliphatic heterocycles. The maximum Gasteiger partial charge on any atom is 0.253 e. The molecular formula is C24H19F4N5OS. The lowest BCUT2D eigenvalue weighted by atomic mass is 9.84. The van der Waals surface area contributed by atoms with E-state index in [9.17, 15) is 13.2 Å². The molecule has 0 spiro atoms. The van der Waals surface area contributed by atoms with E-state index in [1.54, 1.807) is 6.07 Å². The lowest BCUT2D eigenvalue weighted by molar-refractivity contribution is 0.123. The zero-order valence-electron chi connectivity index (χ0n) is 18.4. The van der Waals surface area contributed by atoms with Gasteiger partial charge in [-0.1, -0.05) is 17.7 Å². The summed E-state index contributed by atoms with van der Waals surface area (Å²) in [6, 6.07) is 4.14. The lowest BCUT2D eigenvalue weighted by Gasteiger charge is -2.34. The Hall–Kier alpha value is -3.39. The minimum absolute atomic E-state index is 0.0356. The van der Waals surface area contributed by atoms with Crippen LogP contribution in [0.1, 0.15) is 30.2 Å². The van der Waals surface area contributed by atoms with Crippen LogP contribution in [-0.4, -0.2) is 37.9 Å². The Labute approximate surface area is 202 Å². The molecule has 0 radical (unpaired) electrons. The van der Waals surface area contributed by atoms with Crippen LogP contribution in [0.3, 0.4) is 0 Å². The first kappa shape index (κ1) is 23.4. The number of halogens is 4. The molecule has 5 rings (SSSR count). The van der Waals surface area contributed by atoms with Crippen LogP contribution in [0.4, 0.5) is 17.6 Å². The van der Waals surface area contributed by atoms with Crippen molar-refractivity contribution in [3.05, 3.63) is 59.0 Å². The fourth-order valence-corrected chi connectivity index (χ4v) is 6.05. The number of pyridine rings is 1.